The van der Waals surface area contributed by atoms with Crippen LogP contribution in [0.1, 0.15) is 52.4 Å². The average molecular weight is 282 g/mol. The molecular formula is C17H31NS. The molecule has 1 N–H and O–H groups in total. The van der Waals surface area contributed by atoms with Crippen molar-refractivity contribution < 1.29 is 0 Å². The second-order valence-corrected chi connectivity index (χ2v) is 9.13. The van der Waals surface area contributed by atoms with E-state index in [1.54, 1.807) is 19.3 Å². The van der Waals surface area contributed by atoms with Gasteiger partial charge in [-0.05, 0) is 80.4 Å². The molecule has 1 atom stereocenters. The van der Waals surface area contributed by atoms with E-state index >= 15 is 0 Å². The fourth-order valence-electron chi connectivity index (χ4n) is 5.59. The van der Waals surface area contributed by atoms with Crippen molar-refractivity contribution in [3.8, 4) is 0 Å². The van der Waals surface area contributed by atoms with Gasteiger partial charge in [-0.3, -0.25) is 0 Å². The lowest BCUT2D eigenvalue weighted by atomic mass is 9.48. The molecule has 0 amide bonds. The molecule has 0 aromatic carbocycles. The van der Waals surface area contributed by atoms with Crippen molar-refractivity contribution in [3.63, 3.8) is 0 Å². The Labute approximate surface area is 123 Å². The molecule has 4 aliphatic carbocycles. The van der Waals surface area contributed by atoms with E-state index in [2.05, 4.69) is 38.0 Å². The quantitative estimate of drug-likeness (QED) is 0.784. The zero-order chi connectivity index (χ0) is 13.5. The largest absolute Gasteiger partial charge is 0.316 e. The summed E-state index contributed by atoms with van der Waals surface area (Å²) in [5.41, 5.74) is 0.674. The monoisotopic (exact) mass is 281 g/mol. The van der Waals surface area contributed by atoms with Crippen LogP contribution < -0.4 is 5.32 Å². The third kappa shape index (κ3) is 2.85. The first kappa shape index (κ1) is 14.3. The number of thioether (sulfide) groups is 1. The second kappa shape index (κ2) is 5.60. The lowest BCUT2D eigenvalue weighted by Gasteiger charge is -2.59. The van der Waals surface area contributed by atoms with Crippen molar-refractivity contribution >= 4 is 11.8 Å². The lowest BCUT2D eigenvalue weighted by molar-refractivity contribution is -0.0682. The fourth-order valence-corrected chi connectivity index (χ4v) is 6.96. The van der Waals surface area contributed by atoms with Gasteiger partial charge < -0.3 is 5.32 Å². The predicted molar refractivity (Wildman–Crippen MR) is 85.6 cm³/mol. The Morgan fingerprint density at radius 3 is 1.95 bits per heavy atom. The Morgan fingerprint density at radius 1 is 1.00 bits per heavy atom. The topological polar surface area (TPSA) is 12.0 Å². The molecule has 1 nitrogen and oxygen atoms in total. The highest BCUT2D eigenvalue weighted by atomic mass is 32.2. The molecule has 0 radical (unpaired) electrons. The number of hydrogen-bond donors (Lipinski definition) is 1. The summed E-state index contributed by atoms with van der Waals surface area (Å²) in [6, 6.07) is 0.768. The minimum absolute atomic E-state index is 0.674. The summed E-state index contributed by atoms with van der Waals surface area (Å²) >= 11 is 2.18. The molecule has 2 heteroatoms. The summed E-state index contributed by atoms with van der Waals surface area (Å²) in [5.74, 6) is 6.73. The lowest BCUT2D eigenvalue weighted by Crippen LogP contribution is -2.56. The van der Waals surface area contributed by atoms with Crippen LogP contribution in [0.2, 0.25) is 0 Å². The molecule has 19 heavy (non-hydrogen) atoms. The van der Waals surface area contributed by atoms with E-state index in [9.17, 15) is 0 Å². The molecule has 4 aliphatic rings. The van der Waals surface area contributed by atoms with Gasteiger partial charge in [-0.15, -0.1) is 0 Å². The van der Waals surface area contributed by atoms with Crippen LogP contribution in [0.25, 0.3) is 0 Å². The molecule has 0 spiro atoms. The van der Waals surface area contributed by atoms with Gasteiger partial charge in [0, 0.05) is 11.8 Å². The molecule has 0 aromatic rings. The summed E-state index contributed by atoms with van der Waals surface area (Å²) in [6.45, 7) is 4.68. The maximum atomic E-state index is 3.71. The van der Waals surface area contributed by atoms with E-state index in [1.165, 1.54) is 30.8 Å². The predicted octanol–water partition coefficient (Wildman–Crippen LogP) is 4.18. The summed E-state index contributed by atoms with van der Waals surface area (Å²) in [4.78, 5) is 0. The van der Waals surface area contributed by atoms with Gasteiger partial charge >= 0.3 is 0 Å². The van der Waals surface area contributed by atoms with Gasteiger partial charge in [-0.2, -0.15) is 11.8 Å². The van der Waals surface area contributed by atoms with Gasteiger partial charge in [0.25, 0.3) is 0 Å². The van der Waals surface area contributed by atoms with Crippen LogP contribution in [-0.2, 0) is 0 Å². The third-order valence-electron chi connectivity index (χ3n) is 5.91. The van der Waals surface area contributed by atoms with Gasteiger partial charge in [-0.25, -0.2) is 0 Å². The normalized spacial score (nSPS) is 42.0. The summed E-state index contributed by atoms with van der Waals surface area (Å²) in [6.07, 6.45) is 9.30. The van der Waals surface area contributed by atoms with Crippen molar-refractivity contribution in [2.75, 3.05) is 18.6 Å². The van der Waals surface area contributed by atoms with Crippen LogP contribution in [0.15, 0.2) is 0 Å². The number of rotatable bonds is 6. The van der Waals surface area contributed by atoms with Gasteiger partial charge in [0.05, 0.1) is 0 Å². The first-order chi connectivity index (χ1) is 9.11. The molecule has 0 aromatic heterocycles. The Morgan fingerprint density at radius 2 is 1.53 bits per heavy atom. The summed E-state index contributed by atoms with van der Waals surface area (Å²) in [7, 11) is 2.21. The third-order valence-corrected chi connectivity index (χ3v) is 7.38. The summed E-state index contributed by atoms with van der Waals surface area (Å²) in [5, 5.41) is 3.71. The van der Waals surface area contributed by atoms with Crippen LogP contribution in [0.4, 0.5) is 0 Å². The first-order valence-corrected chi connectivity index (χ1v) is 9.52. The van der Waals surface area contributed by atoms with Crippen LogP contribution in [0.3, 0.4) is 0 Å². The second-order valence-electron chi connectivity index (χ2n) is 8.05. The molecule has 1 unspecified atom stereocenters. The Hall–Kier alpha value is 0.310. The Balaban J connectivity index is 1.65. The van der Waals surface area contributed by atoms with Crippen LogP contribution >= 0.6 is 11.8 Å². The van der Waals surface area contributed by atoms with Crippen LogP contribution in [0.5, 0.6) is 0 Å². The number of hydrogen-bond acceptors (Lipinski definition) is 2. The van der Waals surface area contributed by atoms with E-state index in [0.29, 0.717) is 5.41 Å². The Bertz CT molecular complexity index is 277. The SMILES string of the molecule is CNC(CSCC(C)C)C12CC3CC(CC(C3)C1)C2. The highest BCUT2D eigenvalue weighted by Gasteiger charge is 2.53. The van der Waals surface area contributed by atoms with Crippen molar-refractivity contribution in [1.29, 1.82) is 0 Å². The van der Waals surface area contributed by atoms with Crippen molar-refractivity contribution in [3.05, 3.63) is 0 Å². The maximum Gasteiger partial charge on any atom is 0.0211 e. The zero-order valence-electron chi connectivity index (χ0n) is 13.0. The van der Waals surface area contributed by atoms with E-state index in [-0.39, 0.29) is 0 Å². The van der Waals surface area contributed by atoms with Gasteiger partial charge in [0.1, 0.15) is 0 Å². The molecule has 0 heterocycles. The van der Waals surface area contributed by atoms with Crippen molar-refractivity contribution in [2.24, 2.45) is 29.1 Å². The fraction of sp³-hybridized carbons (Fsp3) is 1.00. The standard InChI is InChI=1S/C17H31NS/c1-12(2)10-19-11-16(18-3)17-7-13-4-14(8-17)6-15(5-13)9-17/h12-16,18H,4-11H2,1-3H3. The molecule has 0 aliphatic heterocycles. The molecule has 0 saturated heterocycles. The number of nitrogens with one attached hydrogen (secondary N) is 1. The highest BCUT2D eigenvalue weighted by molar-refractivity contribution is 7.99. The molecule has 4 bridgehead atoms. The van der Waals surface area contributed by atoms with Crippen LogP contribution in [-0.4, -0.2) is 24.6 Å². The smallest absolute Gasteiger partial charge is 0.0211 e. The molecule has 4 saturated carbocycles. The molecule has 4 rings (SSSR count). The van der Waals surface area contributed by atoms with Gasteiger partial charge in [0.15, 0.2) is 0 Å². The van der Waals surface area contributed by atoms with E-state index in [1.807, 2.05) is 0 Å². The molecule has 110 valence electrons. The Kier molecular flexibility index (Phi) is 4.20. The van der Waals surface area contributed by atoms with E-state index in [0.717, 1.165) is 29.7 Å². The minimum Gasteiger partial charge on any atom is -0.316 e. The van der Waals surface area contributed by atoms with E-state index < -0.39 is 0 Å². The molecule has 4 fully saturated rings. The van der Waals surface area contributed by atoms with Gasteiger partial charge in [0.2, 0.25) is 0 Å². The summed E-state index contributed by atoms with van der Waals surface area (Å²) < 4.78 is 0. The zero-order valence-corrected chi connectivity index (χ0v) is 13.8. The molecular weight excluding hydrogens is 250 g/mol. The average Bonchev–Trinajstić information content (AvgIpc) is 2.32. The van der Waals surface area contributed by atoms with Gasteiger partial charge in [-0.1, -0.05) is 13.8 Å². The van der Waals surface area contributed by atoms with Crippen molar-refractivity contribution in [2.45, 2.75) is 58.4 Å². The van der Waals surface area contributed by atoms with E-state index in [4.69, 9.17) is 0 Å². The van der Waals surface area contributed by atoms with Crippen LogP contribution in [0, 0.1) is 29.1 Å². The highest BCUT2D eigenvalue weighted by Crippen LogP contribution is 2.61. The van der Waals surface area contributed by atoms with Crippen molar-refractivity contribution in [1.82, 2.24) is 5.32 Å². The first-order valence-electron chi connectivity index (χ1n) is 8.36. The minimum atomic E-state index is 0.674. The maximum absolute atomic E-state index is 3.71.